The number of amides is 1. The van der Waals surface area contributed by atoms with Crippen LogP contribution in [0.4, 0.5) is 10.2 Å². The van der Waals surface area contributed by atoms with Crippen molar-refractivity contribution in [2.45, 2.75) is 19.6 Å². The molecule has 0 radical (unpaired) electrons. The Labute approximate surface area is 170 Å². The van der Waals surface area contributed by atoms with Gasteiger partial charge >= 0.3 is 0 Å². The van der Waals surface area contributed by atoms with Gasteiger partial charge in [0.25, 0.3) is 5.91 Å². The van der Waals surface area contributed by atoms with E-state index in [0.29, 0.717) is 47.2 Å². The summed E-state index contributed by atoms with van der Waals surface area (Å²) in [6.07, 6.45) is 2.80. The van der Waals surface area contributed by atoms with Crippen LogP contribution in [0.3, 0.4) is 0 Å². The quantitative estimate of drug-likeness (QED) is 0.605. The molecule has 3 aromatic rings. The molecule has 0 spiro atoms. The van der Waals surface area contributed by atoms with Crippen LogP contribution >= 0.6 is 11.6 Å². The van der Waals surface area contributed by atoms with E-state index in [2.05, 4.69) is 15.4 Å². The molecule has 1 aromatic carbocycles. The van der Waals surface area contributed by atoms with Crippen molar-refractivity contribution in [1.29, 1.82) is 0 Å². The summed E-state index contributed by atoms with van der Waals surface area (Å²) in [5, 5.41) is 7.05. The van der Waals surface area contributed by atoms with Gasteiger partial charge in [-0.15, -0.1) is 0 Å². The number of hydrogen-bond acceptors (Lipinski definition) is 6. The summed E-state index contributed by atoms with van der Waals surface area (Å²) in [6.45, 7) is 3.30. The fourth-order valence-electron chi connectivity index (χ4n) is 3.51. The molecule has 0 saturated heterocycles. The predicted molar refractivity (Wildman–Crippen MR) is 103 cm³/mol. The van der Waals surface area contributed by atoms with Crippen LogP contribution in [0.5, 0.6) is 11.5 Å². The lowest BCUT2D eigenvalue weighted by molar-refractivity contribution is 0.0933. The number of carbonyl (C=O) groups excluding carboxylic acids is 1. The highest BCUT2D eigenvalue weighted by Gasteiger charge is 2.27. The third kappa shape index (κ3) is 3.02. The molecule has 0 saturated carbocycles. The molecule has 1 N–H and O–H groups in total. The van der Waals surface area contributed by atoms with Gasteiger partial charge in [-0.2, -0.15) is 5.10 Å². The van der Waals surface area contributed by atoms with E-state index in [9.17, 15) is 9.18 Å². The molecular weight excluding hydrogens is 401 g/mol. The smallest absolute Gasteiger partial charge is 0.256 e. The van der Waals surface area contributed by atoms with Crippen LogP contribution in [0.1, 0.15) is 22.8 Å². The number of anilines is 1. The van der Waals surface area contributed by atoms with E-state index < -0.39 is 5.82 Å². The van der Waals surface area contributed by atoms with Crippen molar-refractivity contribution in [2.24, 2.45) is 0 Å². The Morgan fingerprint density at radius 3 is 3.07 bits per heavy atom. The monoisotopic (exact) mass is 417 g/mol. The van der Waals surface area contributed by atoms with Crippen LogP contribution in [0.15, 0.2) is 24.5 Å². The van der Waals surface area contributed by atoms with Crippen LogP contribution in [-0.4, -0.2) is 46.3 Å². The molecule has 0 fully saturated rings. The molecule has 10 heteroatoms. The lowest BCUT2D eigenvalue weighted by Gasteiger charge is -2.31. The molecule has 150 valence electrons. The van der Waals surface area contributed by atoms with Crippen molar-refractivity contribution in [3.05, 3.63) is 46.5 Å². The lowest BCUT2D eigenvalue weighted by Crippen LogP contribution is -2.34. The minimum atomic E-state index is -0.519. The average Bonchev–Trinajstić information content (AvgIpc) is 3.12. The number of fused-ring (bicyclic) bond motifs is 1. The van der Waals surface area contributed by atoms with Crippen molar-refractivity contribution in [1.82, 2.24) is 19.9 Å². The van der Waals surface area contributed by atoms with E-state index >= 15 is 0 Å². The summed E-state index contributed by atoms with van der Waals surface area (Å²) in [5.41, 5.74) is 1.29. The first kappa shape index (κ1) is 18.0. The number of benzene rings is 1. The molecule has 0 aliphatic carbocycles. The first-order valence-electron chi connectivity index (χ1n) is 9.19. The van der Waals surface area contributed by atoms with Crippen LogP contribution in [-0.2, 0) is 6.54 Å². The maximum absolute atomic E-state index is 14.2. The van der Waals surface area contributed by atoms with Crippen LogP contribution < -0.4 is 19.7 Å². The normalized spacial score (nSPS) is 18.8. The van der Waals surface area contributed by atoms with Gasteiger partial charge in [0.1, 0.15) is 29.8 Å². The maximum Gasteiger partial charge on any atom is 0.256 e. The zero-order chi connectivity index (χ0) is 20.1. The first-order valence-corrected chi connectivity index (χ1v) is 9.57. The summed E-state index contributed by atoms with van der Waals surface area (Å²) in [4.78, 5) is 19.2. The van der Waals surface area contributed by atoms with Gasteiger partial charge in [-0.05, 0) is 19.1 Å². The molecule has 1 atom stereocenters. The molecule has 2 aliphatic heterocycles. The summed E-state index contributed by atoms with van der Waals surface area (Å²) in [5.74, 6) is 0.709. The van der Waals surface area contributed by atoms with E-state index in [-0.39, 0.29) is 30.1 Å². The molecule has 0 unspecified atom stereocenters. The predicted octanol–water partition coefficient (Wildman–Crippen LogP) is 2.43. The number of hydrogen-bond donors (Lipinski definition) is 1. The standard InChI is InChI=1S/C19H17ClFN5O3/c1-10-6-22-19(27)11-7-23-26-9-15-18(24-17(11)26)25(4-5-28-15)8-12-14(29-10)3-2-13(21)16(12)20/h2-3,7,9-10H,4-6,8H2,1H3,(H,22,27)/t10-/m0/s1. The summed E-state index contributed by atoms with van der Waals surface area (Å²) < 4.78 is 27.4. The summed E-state index contributed by atoms with van der Waals surface area (Å²) in [7, 11) is 0. The number of ether oxygens (including phenoxy) is 2. The van der Waals surface area contributed by atoms with Gasteiger partial charge in [-0.25, -0.2) is 13.9 Å². The topological polar surface area (TPSA) is 81.0 Å². The highest BCUT2D eigenvalue weighted by Crippen LogP contribution is 2.36. The van der Waals surface area contributed by atoms with E-state index in [4.69, 9.17) is 21.1 Å². The highest BCUT2D eigenvalue weighted by atomic mass is 35.5. The highest BCUT2D eigenvalue weighted by molar-refractivity contribution is 6.31. The van der Waals surface area contributed by atoms with Crippen LogP contribution in [0, 0.1) is 5.82 Å². The zero-order valence-corrected chi connectivity index (χ0v) is 16.2. The minimum Gasteiger partial charge on any atom is -0.488 e. The van der Waals surface area contributed by atoms with Gasteiger partial charge in [0.15, 0.2) is 17.2 Å². The lowest BCUT2D eigenvalue weighted by atomic mass is 10.1. The summed E-state index contributed by atoms with van der Waals surface area (Å²) >= 11 is 6.30. The molecule has 4 heterocycles. The Balaban J connectivity index is 1.70. The molecule has 29 heavy (non-hydrogen) atoms. The van der Waals surface area contributed by atoms with Gasteiger partial charge in [-0.3, -0.25) is 4.79 Å². The van der Waals surface area contributed by atoms with Gasteiger partial charge in [0, 0.05) is 12.1 Å². The molecule has 2 aromatic heterocycles. The number of rotatable bonds is 0. The first-order chi connectivity index (χ1) is 14.0. The number of halogens is 2. The van der Waals surface area contributed by atoms with E-state index in [1.807, 2.05) is 11.8 Å². The number of nitrogens with one attached hydrogen (secondary N) is 1. The molecular formula is C19H17ClFN5O3. The van der Waals surface area contributed by atoms with Crippen LogP contribution in [0.25, 0.3) is 5.65 Å². The Kier molecular flexibility index (Phi) is 4.20. The second kappa shape index (κ2) is 6.77. The maximum atomic E-state index is 14.2. The van der Waals surface area contributed by atoms with Crippen molar-refractivity contribution in [2.75, 3.05) is 24.6 Å². The average molecular weight is 418 g/mol. The van der Waals surface area contributed by atoms with Crippen LogP contribution in [0.2, 0.25) is 5.02 Å². The SMILES string of the molecule is C[C@H]1CNC(=O)c2cnn3cc4c(nc23)N(CCO4)Cc2c(ccc(F)c2Cl)O1. The Hall–Kier alpha value is -3.07. The second-order valence-corrected chi connectivity index (χ2v) is 7.38. The molecule has 2 bridgehead atoms. The van der Waals surface area contributed by atoms with Crippen molar-refractivity contribution < 1.29 is 18.7 Å². The van der Waals surface area contributed by atoms with Gasteiger partial charge in [-0.1, -0.05) is 11.6 Å². The zero-order valence-electron chi connectivity index (χ0n) is 15.5. The van der Waals surface area contributed by atoms with Gasteiger partial charge < -0.3 is 19.7 Å². The largest absolute Gasteiger partial charge is 0.488 e. The van der Waals surface area contributed by atoms with Crippen molar-refractivity contribution in [3.8, 4) is 11.5 Å². The fourth-order valence-corrected chi connectivity index (χ4v) is 3.73. The van der Waals surface area contributed by atoms with Gasteiger partial charge in [0.2, 0.25) is 0 Å². The molecule has 8 nitrogen and oxygen atoms in total. The summed E-state index contributed by atoms with van der Waals surface area (Å²) in [6, 6.07) is 2.83. The molecule has 1 amide bonds. The van der Waals surface area contributed by atoms with E-state index in [1.165, 1.54) is 16.8 Å². The Bertz CT molecular complexity index is 1130. The second-order valence-electron chi connectivity index (χ2n) is 7.00. The van der Waals surface area contributed by atoms with Crippen molar-refractivity contribution >= 4 is 29.0 Å². The van der Waals surface area contributed by atoms with Gasteiger partial charge in [0.05, 0.1) is 30.5 Å². The third-order valence-corrected chi connectivity index (χ3v) is 5.39. The molecule has 5 rings (SSSR count). The van der Waals surface area contributed by atoms with E-state index in [0.717, 1.165) is 0 Å². The fraction of sp³-hybridized carbons (Fsp3) is 0.316. The van der Waals surface area contributed by atoms with Crippen molar-refractivity contribution in [3.63, 3.8) is 0 Å². The number of carbonyl (C=O) groups is 1. The number of nitrogens with zero attached hydrogens (tertiary/aromatic N) is 4. The Morgan fingerprint density at radius 1 is 1.34 bits per heavy atom. The third-order valence-electron chi connectivity index (χ3n) is 4.98. The minimum absolute atomic E-state index is 0.00719. The molecule has 2 aliphatic rings. The van der Waals surface area contributed by atoms with E-state index in [1.54, 1.807) is 12.3 Å². The number of aromatic nitrogens is 3. The Morgan fingerprint density at radius 2 is 2.21 bits per heavy atom.